The first-order valence-electron chi connectivity index (χ1n) is 8.16. The Hall–Kier alpha value is -3.00. The number of furan rings is 1. The third-order valence-corrected chi connectivity index (χ3v) is 4.56. The second-order valence-corrected chi connectivity index (χ2v) is 5.98. The topological polar surface area (TPSA) is 79.8 Å². The summed E-state index contributed by atoms with van der Waals surface area (Å²) in [7, 11) is 0. The van der Waals surface area contributed by atoms with Crippen molar-refractivity contribution >= 4 is 35.0 Å². The zero-order valence-electron chi connectivity index (χ0n) is 14.3. The highest BCUT2D eigenvalue weighted by atomic mass is 32.1. The van der Waals surface area contributed by atoms with Crippen molar-refractivity contribution in [2.24, 2.45) is 0 Å². The van der Waals surface area contributed by atoms with Gasteiger partial charge in [0, 0.05) is 36.9 Å². The summed E-state index contributed by atoms with van der Waals surface area (Å²) in [5, 5.41) is 11.2. The quantitative estimate of drug-likeness (QED) is 0.345. The number of non-ortho nitro benzene ring substituents is 1. The first kappa shape index (κ1) is 17.8. The second kappa shape index (κ2) is 7.09. The van der Waals surface area contributed by atoms with Gasteiger partial charge in [-0.2, -0.15) is 0 Å². The van der Waals surface area contributed by atoms with Gasteiger partial charge in [0.15, 0.2) is 5.11 Å². The molecule has 1 aromatic heterocycles. The number of rotatable bonds is 5. The number of carbonyl (C=O) groups excluding carboxylic acids is 1. The van der Waals surface area contributed by atoms with Gasteiger partial charge < -0.3 is 9.32 Å². The van der Waals surface area contributed by atoms with E-state index in [2.05, 4.69) is 0 Å². The molecule has 0 unspecified atom stereocenters. The SMILES string of the molecule is CCN1C(=O)C(=Cc2ccc(-c3ccc([N+](=O)[O-])cc3)o2)N(CC)C1=S. The van der Waals surface area contributed by atoms with Gasteiger partial charge in [-0.15, -0.1) is 0 Å². The maximum atomic E-state index is 12.5. The molecule has 134 valence electrons. The number of thiocarbonyl (C=S) groups is 1. The van der Waals surface area contributed by atoms with Crippen LogP contribution in [0.5, 0.6) is 0 Å². The van der Waals surface area contributed by atoms with E-state index in [1.807, 2.05) is 13.8 Å². The van der Waals surface area contributed by atoms with Crippen molar-refractivity contribution in [3.63, 3.8) is 0 Å². The Kier molecular flexibility index (Phi) is 4.85. The van der Waals surface area contributed by atoms with Crippen molar-refractivity contribution < 1.29 is 14.1 Å². The molecule has 0 saturated carbocycles. The molecule has 1 aliphatic heterocycles. The lowest BCUT2D eigenvalue weighted by Gasteiger charge is -2.16. The molecule has 2 aromatic rings. The summed E-state index contributed by atoms with van der Waals surface area (Å²) in [6.45, 7) is 4.90. The van der Waals surface area contributed by atoms with Crippen molar-refractivity contribution in [1.82, 2.24) is 9.80 Å². The van der Waals surface area contributed by atoms with E-state index in [0.717, 1.165) is 5.56 Å². The molecule has 1 aromatic carbocycles. The minimum Gasteiger partial charge on any atom is -0.457 e. The molecule has 0 N–H and O–H groups in total. The number of likely N-dealkylation sites (N-methyl/N-ethyl adjacent to an activating group) is 2. The van der Waals surface area contributed by atoms with Gasteiger partial charge >= 0.3 is 0 Å². The maximum Gasteiger partial charge on any atom is 0.276 e. The molecule has 0 spiro atoms. The highest BCUT2D eigenvalue weighted by molar-refractivity contribution is 7.80. The molecule has 1 fully saturated rings. The predicted molar refractivity (Wildman–Crippen MR) is 101 cm³/mol. The van der Waals surface area contributed by atoms with E-state index in [0.29, 0.717) is 35.4 Å². The average Bonchev–Trinajstić information content (AvgIpc) is 3.18. The molecule has 1 amide bonds. The zero-order valence-corrected chi connectivity index (χ0v) is 15.2. The molecule has 7 nitrogen and oxygen atoms in total. The van der Waals surface area contributed by atoms with E-state index >= 15 is 0 Å². The standard InChI is InChI=1S/C18H17N3O4S/c1-3-19-15(17(22)20(4-2)18(19)26)11-14-9-10-16(25-14)12-5-7-13(8-6-12)21(23)24/h5-11H,3-4H2,1-2H3. The van der Waals surface area contributed by atoms with Gasteiger partial charge in [0.2, 0.25) is 0 Å². The van der Waals surface area contributed by atoms with Gasteiger partial charge in [-0.05, 0) is 50.3 Å². The van der Waals surface area contributed by atoms with Crippen LogP contribution in [0.1, 0.15) is 19.6 Å². The van der Waals surface area contributed by atoms with Crippen LogP contribution in [-0.4, -0.2) is 38.8 Å². The van der Waals surface area contributed by atoms with Gasteiger partial charge in [0.1, 0.15) is 17.2 Å². The summed E-state index contributed by atoms with van der Waals surface area (Å²) in [6.07, 6.45) is 1.67. The van der Waals surface area contributed by atoms with Gasteiger partial charge in [-0.25, -0.2) is 0 Å². The molecule has 1 aliphatic rings. The molecule has 8 heteroatoms. The molecule has 3 rings (SSSR count). The van der Waals surface area contributed by atoms with Crippen LogP contribution in [0.15, 0.2) is 46.5 Å². The third kappa shape index (κ3) is 3.11. The van der Waals surface area contributed by atoms with Gasteiger partial charge in [0.25, 0.3) is 11.6 Å². The Morgan fingerprint density at radius 1 is 1.12 bits per heavy atom. The number of hydrogen-bond donors (Lipinski definition) is 0. The minimum atomic E-state index is -0.449. The zero-order chi connectivity index (χ0) is 18.8. The van der Waals surface area contributed by atoms with Gasteiger partial charge in [-0.3, -0.25) is 19.8 Å². The summed E-state index contributed by atoms with van der Waals surface area (Å²) in [5.74, 6) is 0.934. The van der Waals surface area contributed by atoms with E-state index in [1.165, 1.54) is 12.1 Å². The Morgan fingerprint density at radius 3 is 2.35 bits per heavy atom. The first-order chi connectivity index (χ1) is 12.5. The van der Waals surface area contributed by atoms with Crippen LogP contribution >= 0.6 is 12.2 Å². The lowest BCUT2D eigenvalue weighted by molar-refractivity contribution is -0.384. The minimum absolute atomic E-state index is 0.0194. The summed E-state index contributed by atoms with van der Waals surface area (Å²) in [6, 6.07) is 9.61. The van der Waals surface area contributed by atoms with Crippen LogP contribution in [0, 0.1) is 10.1 Å². The van der Waals surface area contributed by atoms with E-state index in [4.69, 9.17) is 16.6 Å². The Morgan fingerprint density at radius 2 is 1.77 bits per heavy atom. The smallest absolute Gasteiger partial charge is 0.276 e. The maximum absolute atomic E-state index is 12.5. The Bertz CT molecular complexity index is 901. The van der Waals surface area contributed by atoms with Crippen molar-refractivity contribution in [3.05, 3.63) is 58.0 Å². The van der Waals surface area contributed by atoms with E-state index in [-0.39, 0.29) is 11.6 Å². The highest BCUT2D eigenvalue weighted by Gasteiger charge is 2.36. The largest absolute Gasteiger partial charge is 0.457 e. The number of carbonyl (C=O) groups is 1. The van der Waals surface area contributed by atoms with Crippen LogP contribution in [0.3, 0.4) is 0 Å². The fourth-order valence-corrected chi connectivity index (χ4v) is 3.22. The fraction of sp³-hybridized carbons (Fsp3) is 0.222. The Labute approximate surface area is 155 Å². The number of amides is 1. The number of benzene rings is 1. The van der Waals surface area contributed by atoms with Crippen molar-refractivity contribution in [2.45, 2.75) is 13.8 Å². The van der Waals surface area contributed by atoms with Crippen LogP contribution in [0.4, 0.5) is 5.69 Å². The molecule has 2 heterocycles. The Balaban J connectivity index is 1.90. The number of hydrogen-bond acceptors (Lipinski definition) is 5. The van der Waals surface area contributed by atoms with Crippen LogP contribution in [-0.2, 0) is 4.79 Å². The monoisotopic (exact) mass is 371 g/mol. The number of nitrogens with zero attached hydrogens (tertiary/aromatic N) is 3. The number of nitro benzene ring substituents is 1. The molecule has 0 radical (unpaired) electrons. The summed E-state index contributed by atoms with van der Waals surface area (Å²) < 4.78 is 5.79. The van der Waals surface area contributed by atoms with Crippen molar-refractivity contribution in [2.75, 3.05) is 13.1 Å². The fourth-order valence-electron chi connectivity index (χ4n) is 2.78. The molecular weight excluding hydrogens is 354 g/mol. The summed E-state index contributed by atoms with van der Waals surface area (Å²) in [5.41, 5.74) is 1.21. The first-order valence-corrected chi connectivity index (χ1v) is 8.56. The molecule has 26 heavy (non-hydrogen) atoms. The van der Waals surface area contributed by atoms with E-state index in [1.54, 1.807) is 40.1 Å². The van der Waals surface area contributed by atoms with Gasteiger partial charge in [-0.1, -0.05) is 0 Å². The van der Waals surface area contributed by atoms with Crippen molar-refractivity contribution in [3.8, 4) is 11.3 Å². The molecule has 1 saturated heterocycles. The second-order valence-electron chi connectivity index (χ2n) is 5.61. The van der Waals surface area contributed by atoms with Crippen molar-refractivity contribution in [1.29, 1.82) is 0 Å². The molecule has 0 atom stereocenters. The molecule has 0 bridgehead atoms. The molecule has 0 aliphatic carbocycles. The highest BCUT2D eigenvalue weighted by Crippen LogP contribution is 2.28. The number of nitro groups is 1. The third-order valence-electron chi connectivity index (χ3n) is 4.12. The predicted octanol–water partition coefficient (Wildman–Crippen LogP) is 3.66. The van der Waals surface area contributed by atoms with Gasteiger partial charge in [0.05, 0.1) is 4.92 Å². The average molecular weight is 371 g/mol. The van der Waals surface area contributed by atoms with Crippen LogP contribution in [0.25, 0.3) is 17.4 Å². The van der Waals surface area contributed by atoms with E-state index in [9.17, 15) is 14.9 Å². The lowest BCUT2D eigenvalue weighted by Crippen LogP contribution is -2.32. The summed E-state index contributed by atoms with van der Waals surface area (Å²) in [4.78, 5) is 26.1. The lowest BCUT2D eigenvalue weighted by atomic mass is 10.1. The van der Waals surface area contributed by atoms with Crippen LogP contribution in [0.2, 0.25) is 0 Å². The summed E-state index contributed by atoms with van der Waals surface area (Å²) >= 11 is 5.35. The molecular formula is C18H17N3O4S. The van der Waals surface area contributed by atoms with Crippen LogP contribution < -0.4 is 0 Å². The normalized spacial score (nSPS) is 16.0. The van der Waals surface area contributed by atoms with E-state index < -0.39 is 4.92 Å².